The summed E-state index contributed by atoms with van der Waals surface area (Å²) in [5.74, 6) is 0.342. The van der Waals surface area contributed by atoms with Crippen LogP contribution in [0.5, 0.6) is 0 Å². The zero-order valence-corrected chi connectivity index (χ0v) is 9.81. The van der Waals surface area contributed by atoms with E-state index in [0.29, 0.717) is 11.5 Å². The lowest BCUT2D eigenvalue weighted by molar-refractivity contribution is 0.169. The van der Waals surface area contributed by atoms with Gasteiger partial charge in [0.05, 0.1) is 34.8 Å². The summed E-state index contributed by atoms with van der Waals surface area (Å²) in [4.78, 5) is 4.22. The van der Waals surface area contributed by atoms with E-state index < -0.39 is 5.54 Å². The maximum Gasteiger partial charge on any atom is 0.201 e. The number of fused-ring (bicyclic) bond motifs is 1. The van der Waals surface area contributed by atoms with Crippen molar-refractivity contribution in [3.8, 4) is 6.07 Å². The highest BCUT2D eigenvalue weighted by Gasteiger charge is 2.24. The van der Waals surface area contributed by atoms with Crippen LogP contribution in [0.15, 0.2) is 18.2 Å². The molecule has 0 saturated carbocycles. The number of aliphatic hydroxyl groups is 1. The highest BCUT2D eigenvalue weighted by atomic mass is 16.3. The fourth-order valence-corrected chi connectivity index (χ4v) is 1.87. The monoisotopic (exact) mass is 230 g/mol. The third-order valence-electron chi connectivity index (χ3n) is 2.80. The summed E-state index contributed by atoms with van der Waals surface area (Å²) in [7, 11) is 0. The quantitative estimate of drug-likeness (QED) is 0.811. The highest BCUT2D eigenvalue weighted by molar-refractivity contribution is 5.80. The number of nitrogens with two attached hydrogens (primary N) is 1. The maximum atomic E-state index is 9.41. The number of hydrogen-bond acceptors (Lipinski definition) is 4. The van der Waals surface area contributed by atoms with Crippen molar-refractivity contribution in [1.82, 2.24) is 9.55 Å². The Kier molecular flexibility index (Phi) is 2.52. The normalized spacial score (nSPS) is 11.6. The van der Waals surface area contributed by atoms with Crippen LogP contribution in [-0.2, 0) is 5.54 Å². The van der Waals surface area contributed by atoms with Crippen LogP contribution >= 0.6 is 0 Å². The number of aromatic nitrogens is 2. The van der Waals surface area contributed by atoms with Crippen molar-refractivity contribution in [2.24, 2.45) is 0 Å². The first kappa shape index (κ1) is 11.4. The van der Waals surface area contributed by atoms with Gasteiger partial charge in [-0.3, -0.25) is 0 Å². The lowest BCUT2D eigenvalue weighted by Crippen LogP contribution is -2.31. The summed E-state index contributed by atoms with van der Waals surface area (Å²) in [6.07, 6.45) is 0. The lowest BCUT2D eigenvalue weighted by Gasteiger charge is -2.25. The van der Waals surface area contributed by atoms with Crippen molar-refractivity contribution < 1.29 is 5.11 Å². The molecule has 2 rings (SSSR count). The van der Waals surface area contributed by atoms with Crippen LogP contribution in [0.1, 0.15) is 19.4 Å². The topological polar surface area (TPSA) is 87.9 Å². The van der Waals surface area contributed by atoms with E-state index in [4.69, 9.17) is 11.0 Å². The van der Waals surface area contributed by atoms with Gasteiger partial charge in [-0.05, 0) is 32.0 Å². The van der Waals surface area contributed by atoms with Gasteiger partial charge >= 0.3 is 0 Å². The Morgan fingerprint density at radius 3 is 2.82 bits per heavy atom. The van der Waals surface area contributed by atoms with Crippen LogP contribution in [0.3, 0.4) is 0 Å². The number of nitriles is 1. The number of benzene rings is 1. The van der Waals surface area contributed by atoms with Gasteiger partial charge < -0.3 is 15.4 Å². The SMILES string of the molecule is CC(C)(CO)n1c(N)nc2ccc(C#N)cc21. The van der Waals surface area contributed by atoms with Crippen molar-refractivity contribution in [3.05, 3.63) is 23.8 Å². The molecule has 0 saturated heterocycles. The fourth-order valence-electron chi connectivity index (χ4n) is 1.87. The van der Waals surface area contributed by atoms with Crippen LogP contribution < -0.4 is 5.73 Å². The summed E-state index contributed by atoms with van der Waals surface area (Å²) >= 11 is 0. The van der Waals surface area contributed by atoms with E-state index in [2.05, 4.69) is 11.1 Å². The van der Waals surface area contributed by atoms with Gasteiger partial charge in [0.2, 0.25) is 5.95 Å². The van der Waals surface area contributed by atoms with Gasteiger partial charge in [0.1, 0.15) is 0 Å². The summed E-state index contributed by atoms with van der Waals surface area (Å²) in [5, 5.41) is 18.3. The first-order valence-electron chi connectivity index (χ1n) is 5.29. The molecule has 0 fully saturated rings. The van der Waals surface area contributed by atoms with E-state index in [0.717, 1.165) is 11.0 Å². The minimum atomic E-state index is -0.549. The molecule has 3 N–H and O–H groups in total. The molecule has 0 spiro atoms. The minimum absolute atomic E-state index is 0.0561. The average Bonchev–Trinajstić information content (AvgIpc) is 2.64. The van der Waals surface area contributed by atoms with Crippen LogP contribution in [0.4, 0.5) is 5.95 Å². The molecule has 1 aromatic heterocycles. The first-order chi connectivity index (χ1) is 7.99. The summed E-state index contributed by atoms with van der Waals surface area (Å²) in [6, 6.07) is 7.27. The van der Waals surface area contributed by atoms with E-state index in [1.54, 1.807) is 22.8 Å². The van der Waals surface area contributed by atoms with Gasteiger partial charge in [-0.2, -0.15) is 5.26 Å². The molecule has 1 aromatic carbocycles. The molecule has 0 unspecified atom stereocenters. The highest BCUT2D eigenvalue weighted by Crippen LogP contribution is 2.27. The predicted octanol–water partition coefficient (Wildman–Crippen LogP) is 1.22. The number of rotatable bonds is 2. The van der Waals surface area contributed by atoms with Crippen molar-refractivity contribution in [2.75, 3.05) is 12.3 Å². The molecule has 0 atom stereocenters. The van der Waals surface area contributed by atoms with E-state index in [1.165, 1.54) is 0 Å². The molecular weight excluding hydrogens is 216 g/mol. The lowest BCUT2D eigenvalue weighted by atomic mass is 10.1. The number of nitrogen functional groups attached to an aromatic ring is 1. The molecule has 2 aromatic rings. The van der Waals surface area contributed by atoms with Crippen LogP contribution in [0.25, 0.3) is 11.0 Å². The van der Waals surface area contributed by atoms with E-state index in [1.807, 2.05) is 13.8 Å². The number of hydrogen-bond donors (Lipinski definition) is 2. The molecule has 0 amide bonds. The van der Waals surface area contributed by atoms with Gasteiger partial charge in [-0.15, -0.1) is 0 Å². The molecule has 0 aliphatic rings. The third-order valence-corrected chi connectivity index (χ3v) is 2.80. The van der Waals surface area contributed by atoms with Crippen LogP contribution in [-0.4, -0.2) is 21.3 Å². The molecule has 17 heavy (non-hydrogen) atoms. The molecular formula is C12H14N4O. The van der Waals surface area contributed by atoms with E-state index in [-0.39, 0.29) is 6.61 Å². The average molecular weight is 230 g/mol. The molecule has 88 valence electrons. The molecule has 5 heteroatoms. The Morgan fingerprint density at radius 1 is 1.53 bits per heavy atom. The smallest absolute Gasteiger partial charge is 0.201 e. The second-order valence-corrected chi connectivity index (χ2v) is 4.59. The maximum absolute atomic E-state index is 9.41. The van der Waals surface area contributed by atoms with Gasteiger partial charge in [-0.1, -0.05) is 0 Å². The molecule has 0 bridgehead atoms. The van der Waals surface area contributed by atoms with E-state index in [9.17, 15) is 5.11 Å². The Labute approximate surface area is 99.1 Å². The van der Waals surface area contributed by atoms with Crippen molar-refractivity contribution >= 4 is 17.0 Å². The Hall–Kier alpha value is -2.06. The molecule has 0 aliphatic carbocycles. The first-order valence-corrected chi connectivity index (χ1v) is 5.29. The molecule has 0 radical (unpaired) electrons. The summed E-state index contributed by atoms with van der Waals surface area (Å²) in [6.45, 7) is 3.67. The summed E-state index contributed by atoms with van der Waals surface area (Å²) in [5.41, 5.74) is 7.35. The number of imidazole rings is 1. The largest absolute Gasteiger partial charge is 0.394 e. The zero-order chi connectivity index (χ0) is 12.6. The second kappa shape index (κ2) is 3.75. The Balaban J connectivity index is 2.78. The van der Waals surface area contributed by atoms with Crippen LogP contribution in [0, 0.1) is 11.3 Å². The molecule has 1 heterocycles. The van der Waals surface area contributed by atoms with Crippen LogP contribution in [0.2, 0.25) is 0 Å². The van der Waals surface area contributed by atoms with Gasteiger partial charge in [0.15, 0.2) is 0 Å². The van der Waals surface area contributed by atoms with Crippen molar-refractivity contribution in [1.29, 1.82) is 5.26 Å². The standard InChI is InChI=1S/C12H14N4O/c1-12(2,7-17)16-10-5-8(6-13)3-4-9(10)15-11(16)14/h3-5,17H,7H2,1-2H3,(H2,14,15). The Morgan fingerprint density at radius 2 is 2.24 bits per heavy atom. The third kappa shape index (κ3) is 1.73. The second-order valence-electron chi connectivity index (χ2n) is 4.59. The van der Waals surface area contributed by atoms with Gasteiger partial charge in [-0.25, -0.2) is 4.98 Å². The van der Waals surface area contributed by atoms with Crippen molar-refractivity contribution in [3.63, 3.8) is 0 Å². The fraction of sp³-hybridized carbons (Fsp3) is 0.333. The summed E-state index contributed by atoms with van der Waals surface area (Å²) < 4.78 is 1.75. The number of nitrogens with zero attached hydrogens (tertiary/aromatic N) is 3. The number of aliphatic hydroxyl groups excluding tert-OH is 1. The van der Waals surface area contributed by atoms with E-state index >= 15 is 0 Å². The van der Waals surface area contributed by atoms with Gasteiger partial charge in [0, 0.05) is 0 Å². The van der Waals surface area contributed by atoms with Gasteiger partial charge in [0.25, 0.3) is 0 Å². The molecule has 0 aliphatic heterocycles. The minimum Gasteiger partial charge on any atom is -0.394 e. The number of anilines is 1. The predicted molar refractivity (Wildman–Crippen MR) is 65.3 cm³/mol. The zero-order valence-electron chi connectivity index (χ0n) is 9.81. The van der Waals surface area contributed by atoms with Crippen molar-refractivity contribution in [2.45, 2.75) is 19.4 Å². The molecule has 5 nitrogen and oxygen atoms in total. The Bertz CT molecular complexity index is 607.